The van der Waals surface area contributed by atoms with Gasteiger partial charge in [-0.2, -0.15) is 11.8 Å². The van der Waals surface area contributed by atoms with Crippen molar-refractivity contribution < 1.29 is 0 Å². The molecular weight excluding hydrogens is 250 g/mol. The van der Waals surface area contributed by atoms with Gasteiger partial charge in [0.1, 0.15) is 0 Å². The summed E-state index contributed by atoms with van der Waals surface area (Å²) in [6, 6.07) is 8.55. The Morgan fingerprint density at radius 3 is 2.29 bits per heavy atom. The maximum atomic E-state index is 5.92. The Bertz CT molecular complexity index is 329. The van der Waals surface area contributed by atoms with E-state index in [-0.39, 0.29) is 0 Å². The molecule has 3 heteroatoms. The van der Waals surface area contributed by atoms with Crippen LogP contribution in [0.15, 0.2) is 24.3 Å². The van der Waals surface area contributed by atoms with Crippen LogP contribution in [0.3, 0.4) is 0 Å². The van der Waals surface area contributed by atoms with Crippen molar-refractivity contribution in [3.63, 3.8) is 0 Å². The van der Waals surface area contributed by atoms with Gasteiger partial charge in [-0.3, -0.25) is 0 Å². The molecule has 1 unspecified atom stereocenters. The van der Waals surface area contributed by atoms with Crippen LogP contribution in [0, 0.1) is 0 Å². The predicted molar refractivity (Wildman–Crippen MR) is 80.1 cm³/mol. The first-order valence-corrected chi connectivity index (χ1v) is 7.41. The molecule has 0 radical (unpaired) electrons. The van der Waals surface area contributed by atoms with Crippen LogP contribution in [0.5, 0.6) is 0 Å². The van der Waals surface area contributed by atoms with E-state index in [1.807, 2.05) is 23.9 Å². The van der Waals surface area contributed by atoms with Gasteiger partial charge in [0, 0.05) is 21.6 Å². The molecule has 96 valence electrons. The van der Waals surface area contributed by atoms with E-state index in [2.05, 4.69) is 45.1 Å². The predicted octanol–water partition coefficient (Wildman–Crippen LogP) is 4.52. The molecule has 1 aromatic rings. The maximum Gasteiger partial charge on any atom is 0.0411 e. The third-order valence-corrected chi connectivity index (χ3v) is 4.02. The number of benzene rings is 1. The number of rotatable bonds is 5. The second-order valence-electron chi connectivity index (χ2n) is 5.09. The van der Waals surface area contributed by atoms with Crippen LogP contribution in [-0.2, 0) is 0 Å². The summed E-state index contributed by atoms with van der Waals surface area (Å²) in [4.78, 5) is 0. The molecule has 0 bridgehead atoms. The van der Waals surface area contributed by atoms with Crippen LogP contribution in [0.4, 0.5) is 0 Å². The quantitative estimate of drug-likeness (QED) is 0.845. The Labute approximate surface area is 114 Å². The van der Waals surface area contributed by atoms with Crippen molar-refractivity contribution in [1.82, 2.24) is 5.32 Å². The number of thioether (sulfide) groups is 1. The van der Waals surface area contributed by atoms with E-state index < -0.39 is 0 Å². The van der Waals surface area contributed by atoms with Gasteiger partial charge in [0.25, 0.3) is 0 Å². The number of hydrogen-bond donors (Lipinski definition) is 1. The fourth-order valence-corrected chi connectivity index (χ4v) is 2.65. The minimum atomic E-state index is 0.306. The van der Waals surface area contributed by atoms with Gasteiger partial charge in [0.05, 0.1) is 0 Å². The third-order valence-electron chi connectivity index (χ3n) is 2.41. The van der Waals surface area contributed by atoms with Gasteiger partial charge in [-0.1, -0.05) is 51.4 Å². The lowest BCUT2D eigenvalue weighted by atomic mass is 10.1. The normalized spacial score (nSPS) is 13.7. The first-order valence-electron chi connectivity index (χ1n) is 6.05. The molecule has 17 heavy (non-hydrogen) atoms. The van der Waals surface area contributed by atoms with E-state index >= 15 is 0 Å². The van der Waals surface area contributed by atoms with Crippen molar-refractivity contribution in [3.8, 4) is 0 Å². The van der Waals surface area contributed by atoms with Gasteiger partial charge >= 0.3 is 0 Å². The first kappa shape index (κ1) is 14.9. The third kappa shape index (κ3) is 5.80. The monoisotopic (exact) mass is 271 g/mol. The van der Waals surface area contributed by atoms with E-state index in [4.69, 9.17) is 11.6 Å². The van der Waals surface area contributed by atoms with Crippen LogP contribution in [0.1, 0.15) is 39.3 Å². The molecule has 0 heterocycles. The van der Waals surface area contributed by atoms with Gasteiger partial charge in [-0.05, 0) is 24.2 Å². The van der Waals surface area contributed by atoms with Crippen LogP contribution >= 0.6 is 23.4 Å². The average Bonchev–Trinajstić information content (AvgIpc) is 2.24. The van der Waals surface area contributed by atoms with Crippen molar-refractivity contribution in [2.24, 2.45) is 0 Å². The summed E-state index contributed by atoms with van der Waals surface area (Å²) in [6.07, 6.45) is 0. The summed E-state index contributed by atoms with van der Waals surface area (Å²) in [6.45, 7) is 9.89. The molecule has 1 aromatic carbocycles. The number of halogens is 1. The lowest BCUT2D eigenvalue weighted by molar-refractivity contribution is 0.603. The lowest BCUT2D eigenvalue weighted by Crippen LogP contribution is -2.25. The van der Waals surface area contributed by atoms with E-state index in [1.165, 1.54) is 5.56 Å². The average molecular weight is 272 g/mol. The van der Waals surface area contributed by atoms with Crippen LogP contribution in [-0.4, -0.2) is 17.0 Å². The van der Waals surface area contributed by atoms with Crippen LogP contribution < -0.4 is 5.32 Å². The van der Waals surface area contributed by atoms with Crippen LogP contribution in [0.25, 0.3) is 0 Å². The molecule has 0 spiro atoms. The fraction of sp³-hybridized carbons (Fsp3) is 0.571. The summed E-state index contributed by atoms with van der Waals surface area (Å²) in [7, 11) is 0. The Morgan fingerprint density at radius 1 is 1.24 bits per heavy atom. The highest BCUT2D eigenvalue weighted by Crippen LogP contribution is 2.28. The summed E-state index contributed by atoms with van der Waals surface area (Å²) in [5.74, 6) is 1.08. The molecule has 0 amide bonds. The van der Waals surface area contributed by atoms with Crippen molar-refractivity contribution >= 4 is 23.4 Å². The highest BCUT2D eigenvalue weighted by atomic mass is 35.5. The SMILES string of the molecule is CCNC(CSC(C)(C)C)c1ccc(Cl)cc1. The standard InChI is InChI=1S/C14H22ClNS/c1-5-16-13(10-17-14(2,3)4)11-6-8-12(15)9-7-11/h6-9,13,16H,5,10H2,1-4H3. The van der Waals surface area contributed by atoms with Gasteiger partial charge in [0.15, 0.2) is 0 Å². The van der Waals surface area contributed by atoms with E-state index in [0.29, 0.717) is 10.8 Å². The maximum absolute atomic E-state index is 5.92. The Hall–Kier alpha value is -0.180. The minimum Gasteiger partial charge on any atom is -0.310 e. The highest BCUT2D eigenvalue weighted by Gasteiger charge is 2.16. The molecule has 1 atom stereocenters. The molecule has 1 rings (SSSR count). The summed E-state index contributed by atoms with van der Waals surface area (Å²) >= 11 is 7.90. The van der Waals surface area contributed by atoms with Crippen molar-refractivity contribution in [2.75, 3.05) is 12.3 Å². The Morgan fingerprint density at radius 2 is 1.82 bits per heavy atom. The van der Waals surface area contributed by atoms with Gasteiger partial charge in [-0.15, -0.1) is 0 Å². The second kappa shape index (κ2) is 6.67. The molecule has 1 N–H and O–H groups in total. The molecular formula is C14H22ClNS. The molecule has 0 fully saturated rings. The van der Waals surface area contributed by atoms with Crippen molar-refractivity contribution in [1.29, 1.82) is 0 Å². The van der Waals surface area contributed by atoms with Crippen molar-refractivity contribution in [3.05, 3.63) is 34.9 Å². The zero-order chi connectivity index (χ0) is 12.9. The fourth-order valence-electron chi connectivity index (χ4n) is 1.55. The zero-order valence-corrected chi connectivity index (χ0v) is 12.7. The lowest BCUT2D eigenvalue weighted by Gasteiger charge is -2.24. The summed E-state index contributed by atoms with van der Waals surface area (Å²) in [5, 5.41) is 4.33. The van der Waals surface area contributed by atoms with E-state index in [0.717, 1.165) is 17.3 Å². The molecule has 0 aliphatic carbocycles. The summed E-state index contributed by atoms with van der Waals surface area (Å²) in [5.41, 5.74) is 1.31. The van der Waals surface area contributed by atoms with Gasteiger partial charge < -0.3 is 5.32 Å². The molecule has 0 aromatic heterocycles. The molecule has 0 saturated carbocycles. The minimum absolute atomic E-state index is 0.306. The van der Waals surface area contributed by atoms with Crippen LogP contribution in [0.2, 0.25) is 5.02 Å². The molecule has 0 aliphatic heterocycles. The number of hydrogen-bond acceptors (Lipinski definition) is 2. The van der Waals surface area contributed by atoms with Gasteiger partial charge in [-0.25, -0.2) is 0 Å². The zero-order valence-electron chi connectivity index (χ0n) is 11.1. The largest absolute Gasteiger partial charge is 0.310 e. The number of nitrogens with one attached hydrogen (secondary N) is 1. The topological polar surface area (TPSA) is 12.0 Å². The Kier molecular flexibility index (Phi) is 5.84. The molecule has 0 saturated heterocycles. The second-order valence-corrected chi connectivity index (χ2v) is 7.37. The highest BCUT2D eigenvalue weighted by molar-refractivity contribution is 8.00. The van der Waals surface area contributed by atoms with Gasteiger partial charge in [0.2, 0.25) is 0 Å². The first-order chi connectivity index (χ1) is 7.92. The Balaban J connectivity index is 2.68. The molecule has 1 nitrogen and oxygen atoms in total. The molecule has 0 aliphatic rings. The van der Waals surface area contributed by atoms with Crippen molar-refractivity contribution in [2.45, 2.75) is 38.5 Å². The smallest absolute Gasteiger partial charge is 0.0411 e. The van der Waals surface area contributed by atoms with E-state index in [1.54, 1.807) is 0 Å². The van der Waals surface area contributed by atoms with E-state index in [9.17, 15) is 0 Å². The summed E-state index contributed by atoms with van der Waals surface area (Å²) < 4.78 is 0.306.